The minimum absolute atomic E-state index is 0.0570. The number of nitrogens with zero attached hydrogens (tertiary/aromatic N) is 2. The lowest BCUT2D eigenvalue weighted by Gasteiger charge is -2.05. The molecule has 2 aliphatic carbocycles. The second-order valence-electron chi connectivity index (χ2n) is 5.31. The van der Waals surface area contributed by atoms with E-state index in [1.807, 2.05) is 0 Å². The number of rotatable bonds is 4. The molecule has 3 atom stereocenters. The van der Waals surface area contributed by atoms with Gasteiger partial charge in [0, 0.05) is 5.92 Å². The Morgan fingerprint density at radius 2 is 2.12 bits per heavy atom. The van der Waals surface area contributed by atoms with Crippen LogP contribution in [0.5, 0.6) is 0 Å². The van der Waals surface area contributed by atoms with Crippen molar-refractivity contribution in [1.82, 2.24) is 10.1 Å². The normalized spacial score (nSPS) is 33.8. The molecule has 0 saturated heterocycles. The van der Waals surface area contributed by atoms with E-state index in [0.29, 0.717) is 11.7 Å². The zero-order chi connectivity index (χ0) is 11.1. The van der Waals surface area contributed by atoms with Crippen LogP contribution < -0.4 is 5.73 Å². The van der Waals surface area contributed by atoms with Crippen LogP contribution in [0.4, 0.5) is 0 Å². The number of hydrogen-bond acceptors (Lipinski definition) is 4. The van der Waals surface area contributed by atoms with Gasteiger partial charge in [-0.15, -0.1) is 0 Å². The summed E-state index contributed by atoms with van der Waals surface area (Å²) in [5, 5.41) is 4.01. The molecule has 0 radical (unpaired) electrons. The van der Waals surface area contributed by atoms with E-state index in [2.05, 4.69) is 17.1 Å². The van der Waals surface area contributed by atoms with E-state index in [0.717, 1.165) is 30.6 Å². The van der Waals surface area contributed by atoms with Crippen LogP contribution >= 0.6 is 0 Å². The fourth-order valence-electron chi connectivity index (χ4n) is 2.92. The van der Waals surface area contributed by atoms with Crippen LogP contribution in [0.2, 0.25) is 0 Å². The maximum Gasteiger partial charge on any atom is 0.229 e. The second-order valence-corrected chi connectivity index (χ2v) is 5.31. The van der Waals surface area contributed by atoms with E-state index < -0.39 is 0 Å². The summed E-state index contributed by atoms with van der Waals surface area (Å²) in [5.74, 6) is 3.93. The van der Waals surface area contributed by atoms with Gasteiger partial charge in [-0.1, -0.05) is 18.5 Å². The topological polar surface area (TPSA) is 64.9 Å². The van der Waals surface area contributed by atoms with E-state index in [4.69, 9.17) is 10.3 Å². The molecule has 4 nitrogen and oxygen atoms in total. The molecule has 88 valence electrons. The fourth-order valence-corrected chi connectivity index (χ4v) is 2.92. The molecule has 0 bridgehead atoms. The number of fused-ring (bicyclic) bond motifs is 1. The minimum Gasteiger partial charge on any atom is -0.339 e. The van der Waals surface area contributed by atoms with Gasteiger partial charge in [0.1, 0.15) is 0 Å². The molecule has 0 aliphatic heterocycles. The molecule has 1 heterocycles. The third-order valence-corrected chi connectivity index (χ3v) is 3.98. The summed E-state index contributed by atoms with van der Waals surface area (Å²) >= 11 is 0. The van der Waals surface area contributed by atoms with Crippen molar-refractivity contribution in [2.45, 2.75) is 51.0 Å². The first-order chi connectivity index (χ1) is 7.78. The Balaban J connectivity index is 1.67. The predicted molar refractivity (Wildman–Crippen MR) is 59.7 cm³/mol. The molecule has 3 unspecified atom stereocenters. The molecule has 1 aromatic heterocycles. The van der Waals surface area contributed by atoms with Crippen LogP contribution in [-0.4, -0.2) is 10.1 Å². The van der Waals surface area contributed by atoms with Crippen molar-refractivity contribution in [3.05, 3.63) is 11.7 Å². The third kappa shape index (κ3) is 1.75. The SMILES string of the molecule is CCCC(N)c1noc(C2CC3CC3C2)n1. The standard InChI is InChI=1S/C12H19N3O/c1-2-3-10(13)11-14-12(16-15-11)9-5-7-4-8(7)6-9/h7-10H,2-6,13H2,1H3. The van der Waals surface area contributed by atoms with Crippen LogP contribution in [0.25, 0.3) is 0 Å². The van der Waals surface area contributed by atoms with Crippen LogP contribution in [0.3, 0.4) is 0 Å². The maximum atomic E-state index is 5.97. The van der Waals surface area contributed by atoms with Gasteiger partial charge in [-0.3, -0.25) is 0 Å². The first-order valence-corrected chi connectivity index (χ1v) is 6.37. The Morgan fingerprint density at radius 1 is 1.38 bits per heavy atom. The lowest BCUT2D eigenvalue weighted by Crippen LogP contribution is -2.11. The lowest BCUT2D eigenvalue weighted by atomic mass is 10.0. The number of aromatic nitrogens is 2. The highest BCUT2D eigenvalue weighted by molar-refractivity contribution is 5.07. The molecule has 4 heteroatoms. The van der Waals surface area contributed by atoms with Crippen LogP contribution in [-0.2, 0) is 0 Å². The molecule has 0 amide bonds. The van der Waals surface area contributed by atoms with Crippen molar-refractivity contribution < 1.29 is 4.52 Å². The second kappa shape index (κ2) is 3.84. The van der Waals surface area contributed by atoms with E-state index in [-0.39, 0.29) is 6.04 Å². The number of nitrogens with two attached hydrogens (primary N) is 1. The number of hydrogen-bond donors (Lipinski definition) is 1. The van der Waals surface area contributed by atoms with Gasteiger partial charge in [-0.05, 0) is 37.5 Å². The van der Waals surface area contributed by atoms with Gasteiger partial charge in [0.05, 0.1) is 6.04 Å². The van der Waals surface area contributed by atoms with Gasteiger partial charge in [-0.2, -0.15) is 4.98 Å². The van der Waals surface area contributed by atoms with Crippen molar-refractivity contribution >= 4 is 0 Å². The molecule has 16 heavy (non-hydrogen) atoms. The quantitative estimate of drug-likeness (QED) is 0.847. The molecule has 2 saturated carbocycles. The first kappa shape index (κ1) is 10.3. The van der Waals surface area contributed by atoms with Gasteiger partial charge >= 0.3 is 0 Å². The smallest absolute Gasteiger partial charge is 0.229 e. The van der Waals surface area contributed by atoms with Gasteiger partial charge in [-0.25, -0.2) is 0 Å². The molecule has 0 aromatic carbocycles. The zero-order valence-corrected chi connectivity index (χ0v) is 9.72. The summed E-state index contributed by atoms with van der Waals surface area (Å²) in [6.07, 6.45) is 5.89. The van der Waals surface area contributed by atoms with Crippen LogP contribution in [0.1, 0.15) is 62.7 Å². The molecular formula is C12H19N3O. The highest BCUT2D eigenvalue weighted by Gasteiger charge is 2.47. The van der Waals surface area contributed by atoms with Crippen molar-refractivity contribution in [3.63, 3.8) is 0 Å². The fraction of sp³-hybridized carbons (Fsp3) is 0.833. The predicted octanol–water partition coefficient (Wildman–Crippen LogP) is 2.38. The summed E-state index contributed by atoms with van der Waals surface area (Å²) in [6.45, 7) is 2.12. The third-order valence-electron chi connectivity index (χ3n) is 3.98. The first-order valence-electron chi connectivity index (χ1n) is 6.37. The summed E-state index contributed by atoms with van der Waals surface area (Å²) in [5.41, 5.74) is 5.97. The lowest BCUT2D eigenvalue weighted by molar-refractivity contribution is 0.340. The Hall–Kier alpha value is -0.900. The van der Waals surface area contributed by atoms with E-state index in [9.17, 15) is 0 Å². The summed E-state index contributed by atoms with van der Waals surface area (Å²) in [6, 6.07) is -0.0570. The van der Waals surface area contributed by atoms with Crippen LogP contribution in [0.15, 0.2) is 4.52 Å². The molecule has 1 aromatic rings. The highest BCUT2D eigenvalue weighted by atomic mass is 16.5. The average molecular weight is 221 g/mol. The zero-order valence-electron chi connectivity index (χ0n) is 9.72. The summed E-state index contributed by atoms with van der Waals surface area (Å²) in [4.78, 5) is 4.46. The van der Waals surface area contributed by atoms with Crippen LogP contribution in [0, 0.1) is 11.8 Å². The molecule has 2 aliphatic rings. The van der Waals surface area contributed by atoms with Crippen molar-refractivity contribution in [3.8, 4) is 0 Å². The van der Waals surface area contributed by atoms with E-state index in [1.165, 1.54) is 19.3 Å². The van der Waals surface area contributed by atoms with Crippen molar-refractivity contribution in [2.75, 3.05) is 0 Å². The monoisotopic (exact) mass is 221 g/mol. The Morgan fingerprint density at radius 3 is 2.81 bits per heavy atom. The highest BCUT2D eigenvalue weighted by Crippen LogP contribution is 2.57. The maximum absolute atomic E-state index is 5.97. The molecule has 2 fully saturated rings. The Kier molecular flexibility index (Phi) is 2.46. The van der Waals surface area contributed by atoms with E-state index in [1.54, 1.807) is 0 Å². The Labute approximate surface area is 95.6 Å². The molecule has 3 rings (SSSR count). The van der Waals surface area contributed by atoms with Gasteiger partial charge < -0.3 is 10.3 Å². The van der Waals surface area contributed by atoms with Gasteiger partial charge in [0.25, 0.3) is 0 Å². The minimum atomic E-state index is -0.0570. The summed E-state index contributed by atoms with van der Waals surface area (Å²) in [7, 11) is 0. The molecular weight excluding hydrogens is 202 g/mol. The van der Waals surface area contributed by atoms with Gasteiger partial charge in [0.15, 0.2) is 5.82 Å². The van der Waals surface area contributed by atoms with Crippen molar-refractivity contribution in [1.29, 1.82) is 0 Å². The Bertz CT molecular complexity index is 366. The van der Waals surface area contributed by atoms with Crippen molar-refractivity contribution in [2.24, 2.45) is 17.6 Å². The molecule has 0 spiro atoms. The largest absolute Gasteiger partial charge is 0.339 e. The summed E-state index contributed by atoms with van der Waals surface area (Å²) < 4.78 is 5.34. The van der Waals surface area contributed by atoms with Gasteiger partial charge in [0.2, 0.25) is 5.89 Å². The van der Waals surface area contributed by atoms with E-state index >= 15 is 0 Å². The average Bonchev–Trinajstić information content (AvgIpc) is 2.74. The molecule has 2 N–H and O–H groups in total.